The van der Waals surface area contributed by atoms with Crippen molar-refractivity contribution in [2.45, 2.75) is 40.5 Å². The Morgan fingerprint density at radius 1 is 0.647 bits per heavy atom. The predicted molar refractivity (Wildman–Crippen MR) is 148 cm³/mol. The molecule has 0 aromatic heterocycles. The molecule has 0 saturated carbocycles. The van der Waals surface area contributed by atoms with Crippen LogP contribution < -0.4 is 10.6 Å². The summed E-state index contributed by atoms with van der Waals surface area (Å²) in [5.74, 6) is 2.31. The fraction of sp³-hybridized carbons (Fsp3) is 0.500. The van der Waals surface area contributed by atoms with E-state index in [1.54, 1.807) is 21.6 Å². The summed E-state index contributed by atoms with van der Waals surface area (Å²) in [7, 11) is 3.40. The van der Waals surface area contributed by atoms with E-state index in [-0.39, 0.29) is 23.7 Å². The van der Waals surface area contributed by atoms with Gasteiger partial charge < -0.3 is 10.6 Å². The van der Waals surface area contributed by atoms with E-state index in [1.807, 2.05) is 36.4 Å². The Bertz CT molecular complexity index is 772. The number of rotatable bonds is 15. The molecule has 2 amide bonds. The molecule has 2 unspecified atom stereocenters. The van der Waals surface area contributed by atoms with E-state index in [1.165, 1.54) is 11.1 Å². The van der Waals surface area contributed by atoms with Crippen molar-refractivity contribution in [1.29, 1.82) is 0 Å². The number of amides is 2. The molecule has 0 aliphatic heterocycles. The van der Waals surface area contributed by atoms with Crippen molar-refractivity contribution in [1.82, 2.24) is 10.6 Å². The molecule has 0 aliphatic carbocycles. The fourth-order valence-corrected chi connectivity index (χ4v) is 6.03. The molecule has 0 bridgehead atoms. The van der Waals surface area contributed by atoms with Gasteiger partial charge in [0.15, 0.2) is 0 Å². The van der Waals surface area contributed by atoms with Crippen molar-refractivity contribution >= 4 is 33.4 Å². The summed E-state index contributed by atoms with van der Waals surface area (Å²) in [4.78, 5) is 25.8. The molecule has 0 heterocycles. The zero-order valence-electron chi connectivity index (χ0n) is 21.0. The topological polar surface area (TPSA) is 58.2 Å². The maximum Gasteiger partial charge on any atom is 0.224 e. The lowest BCUT2D eigenvalue weighted by Gasteiger charge is -2.19. The van der Waals surface area contributed by atoms with Gasteiger partial charge in [-0.25, -0.2) is 0 Å². The molecule has 186 valence electrons. The molecule has 2 atom stereocenters. The summed E-state index contributed by atoms with van der Waals surface area (Å²) in [5.41, 5.74) is 2.35. The summed E-state index contributed by atoms with van der Waals surface area (Å²) in [6.07, 6.45) is 1.45. The third-order valence-corrected chi connectivity index (χ3v) is 7.94. The minimum absolute atomic E-state index is 0.0963. The van der Waals surface area contributed by atoms with Crippen LogP contribution >= 0.6 is 21.6 Å². The Morgan fingerprint density at radius 3 is 1.32 bits per heavy atom. The first-order chi connectivity index (χ1) is 16.3. The second-order valence-electron chi connectivity index (χ2n) is 9.62. The second-order valence-corrected chi connectivity index (χ2v) is 12.2. The first-order valence-electron chi connectivity index (χ1n) is 12.2. The number of carbonyl (C=O) groups excluding carboxylic acids is 2. The van der Waals surface area contributed by atoms with E-state index in [9.17, 15) is 9.59 Å². The number of hydrogen-bond acceptors (Lipinski definition) is 4. The van der Waals surface area contributed by atoms with Crippen molar-refractivity contribution in [2.24, 2.45) is 23.7 Å². The van der Waals surface area contributed by atoms with Gasteiger partial charge in [-0.3, -0.25) is 9.59 Å². The lowest BCUT2D eigenvalue weighted by Crippen LogP contribution is -2.36. The molecule has 6 heteroatoms. The van der Waals surface area contributed by atoms with E-state index in [4.69, 9.17) is 0 Å². The largest absolute Gasteiger partial charge is 0.356 e. The first-order valence-corrected chi connectivity index (χ1v) is 14.7. The summed E-state index contributed by atoms with van der Waals surface area (Å²) in [5, 5.41) is 6.21. The number of carbonyl (C=O) groups is 2. The highest BCUT2D eigenvalue weighted by Crippen LogP contribution is 2.29. The van der Waals surface area contributed by atoms with Gasteiger partial charge in [0.1, 0.15) is 0 Å². The maximum absolute atomic E-state index is 12.9. The van der Waals surface area contributed by atoms with E-state index < -0.39 is 0 Å². The molecule has 2 rings (SSSR count). The van der Waals surface area contributed by atoms with Crippen molar-refractivity contribution in [3.63, 3.8) is 0 Å². The monoisotopic (exact) mass is 500 g/mol. The highest BCUT2D eigenvalue weighted by atomic mass is 33.1. The summed E-state index contributed by atoms with van der Waals surface area (Å²) >= 11 is 0. The molecule has 2 aromatic carbocycles. The van der Waals surface area contributed by atoms with Crippen LogP contribution in [0.5, 0.6) is 0 Å². The summed E-state index contributed by atoms with van der Waals surface area (Å²) in [6.45, 7) is 9.80. The van der Waals surface area contributed by atoms with Crippen LogP contribution in [0.25, 0.3) is 0 Å². The second kappa shape index (κ2) is 15.9. The van der Waals surface area contributed by atoms with Gasteiger partial charge in [0.05, 0.1) is 11.8 Å². The molecular formula is C28H40N2O2S2. The van der Waals surface area contributed by atoms with Gasteiger partial charge >= 0.3 is 0 Å². The molecule has 2 aromatic rings. The van der Waals surface area contributed by atoms with Crippen LogP contribution in [0.1, 0.15) is 38.8 Å². The average Bonchev–Trinajstić information content (AvgIpc) is 2.83. The molecule has 0 spiro atoms. The highest BCUT2D eigenvalue weighted by molar-refractivity contribution is 8.76. The third-order valence-electron chi connectivity index (χ3n) is 5.38. The van der Waals surface area contributed by atoms with Gasteiger partial charge in [-0.15, -0.1) is 0 Å². The lowest BCUT2D eigenvalue weighted by atomic mass is 10.00. The third kappa shape index (κ3) is 11.5. The van der Waals surface area contributed by atoms with Crippen LogP contribution in [-0.4, -0.2) is 36.4 Å². The molecule has 0 fully saturated rings. The van der Waals surface area contributed by atoms with Crippen LogP contribution in [0, 0.1) is 23.7 Å². The maximum atomic E-state index is 12.9. The zero-order valence-corrected chi connectivity index (χ0v) is 22.6. The van der Waals surface area contributed by atoms with Crippen molar-refractivity contribution in [3.8, 4) is 0 Å². The van der Waals surface area contributed by atoms with Gasteiger partial charge in [0.2, 0.25) is 11.8 Å². The van der Waals surface area contributed by atoms with Crippen LogP contribution in [0.2, 0.25) is 0 Å². The van der Waals surface area contributed by atoms with E-state index in [2.05, 4.69) is 62.6 Å². The van der Waals surface area contributed by atoms with E-state index in [0.29, 0.717) is 24.9 Å². The lowest BCUT2D eigenvalue weighted by molar-refractivity contribution is -0.125. The van der Waals surface area contributed by atoms with Crippen LogP contribution in [0.15, 0.2) is 60.7 Å². The Labute approximate surface area is 213 Å². The van der Waals surface area contributed by atoms with Gasteiger partial charge in [0.25, 0.3) is 0 Å². The van der Waals surface area contributed by atoms with Crippen molar-refractivity contribution in [3.05, 3.63) is 71.8 Å². The van der Waals surface area contributed by atoms with E-state index in [0.717, 1.165) is 24.3 Å². The van der Waals surface area contributed by atoms with Crippen LogP contribution in [0.3, 0.4) is 0 Å². The van der Waals surface area contributed by atoms with Gasteiger partial charge in [-0.1, -0.05) is 110 Å². The van der Waals surface area contributed by atoms with Gasteiger partial charge in [-0.05, 0) is 35.8 Å². The molecule has 34 heavy (non-hydrogen) atoms. The standard InChI is InChI=1S/C28H40N2O2S2/c1-21(2)17-29-27(31)25(15-23-11-7-5-8-12-23)19-33-34-20-26(28(32)30-18-22(3)4)16-24-13-9-6-10-14-24/h5-14,21-22,25-26H,15-20H2,1-4H3,(H,29,31)(H,30,32). The molecule has 2 N–H and O–H groups in total. The number of hydrogen-bond donors (Lipinski definition) is 2. The predicted octanol–water partition coefficient (Wildman–Crippen LogP) is 5.63. The summed E-state index contributed by atoms with van der Waals surface area (Å²) < 4.78 is 0. The van der Waals surface area contributed by atoms with Crippen molar-refractivity contribution < 1.29 is 9.59 Å². The fourth-order valence-electron chi connectivity index (χ4n) is 3.41. The van der Waals surface area contributed by atoms with Crippen LogP contribution in [0.4, 0.5) is 0 Å². The van der Waals surface area contributed by atoms with Gasteiger partial charge in [-0.2, -0.15) is 0 Å². The Hall–Kier alpha value is -1.92. The van der Waals surface area contributed by atoms with Crippen LogP contribution in [-0.2, 0) is 22.4 Å². The zero-order chi connectivity index (χ0) is 24.8. The smallest absolute Gasteiger partial charge is 0.224 e. The quantitative estimate of drug-likeness (QED) is 0.246. The number of benzene rings is 2. The van der Waals surface area contributed by atoms with Crippen molar-refractivity contribution in [2.75, 3.05) is 24.6 Å². The van der Waals surface area contributed by atoms with Gasteiger partial charge in [0, 0.05) is 24.6 Å². The minimum Gasteiger partial charge on any atom is -0.356 e. The minimum atomic E-state index is -0.0963. The average molecular weight is 501 g/mol. The van der Waals surface area contributed by atoms with E-state index >= 15 is 0 Å². The Kier molecular flexibility index (Phi) is 13.2. The molecular weight excluding hydrogens is 460 g/mol. The Morgan fingerprint density at radius 2 is 1.00 bits per heavy atom. The first kappa shape index (κ1) is 28.3. The molecule has 0 radical (unpaired) electrons. The molecule has 0 saturated heterocycles. The Balaban J connectivity index is 1.94. The SMILES string of the molecule is CC(C)CNC(=O)C(CSSCC(Cc1ccccc1)C(=O)NCC(C)C)Cc1ccccc1. The highest BCUT2D eigenvalue weighted by Gasteiger charge is 2.22. The number of nitrogens with one attached hydrogen (secondary N) is 2. The molecule has 0 aliphatic rings. The normalized spacial score (nSPS) is 13.0. The summed E-state index contributed by atoms with van der Waals surface area (Å²) in [6, 6.07) is 20.4. The molecule has 4 nitrogen and oxygen atoms in total.